The van der Waals surface area contributed by atoms with Crippen LogP contribution >= 0.6 is 0 Å². The summed E-state index contributed by atoms with van der Waals surface area (Å²) in [5.41, 5.74) is 0.160. The van der Waals surface area contributed by atoms with Gasteiger partial charge < -0.3 is 23.7 Å². The van der Waals surface area contributed by atoms with Crippen LogP contribution in [0.25, 0.3) is 0 Å². The highest BCUT2D eigenvalue weighted by molar-refractivity contribution is 5.95. The van der Waals surface area contributed by atoms with Gasteiger partial charge in [-0.2, -0.15) is 0 Å². The van der Waals surface area contributed by atoms with Crippen molar-refractivity contribution in [1.82, 2.24) is 0 Å². The van der Waals surface area contributed by atoms with E-state index in [4.69, 9.17) is 30.1 Å². The van der Waals surface area contributed by atoms with Gasteiger partial charge in [0.15, 0.2) is 11.5 Å². The van der Waals surface area contributed by atoms with Gasteiger partial charge in [0, 0.05) is 18.1 Å². The van der Waals surface area contributed by atoms with Crippen molar-refractivity contribution in [2.24, 2.45) is 0 Å². The lowest BCUT2D eigenvalue weighted by Gasteiger charge is -2.13. The minimum absolute atomic E-state index is 0.160. The van der Waals surface area contributed by atoms with E-state index in [0.717, 1.165) is 0 Å². The second-order valence-electron chi connectivity index (χ2n) is 4.80. The monoisotopic (exact) mass is 356 g/mol. The van der Waals surface area contributed by atoms with Gasteiger partial charge in [-0.05, 0) is 24.3 Å². The molecular weight excluding hydrogens is 340 g/mol. The molecule has 0 saturated heterocycles. The third-order valence-corrected chi connectivity index (χ3v) is 3.29. The summed E-state index contributed by atoms with van der Waals surface area (Å²) in [5, 5.41) is 0. The molecule has 7 heteroatoms. The first-order chi connectivity index (χ1) is 12.5. The Morgan fingerprint density at radius 2 is 1.31 bits per heavy atom. The van der Waals surface area contributed by atoms with Crippen molar-refractivity contribution in [3.63, 3.8) is 0 Å². The van der Waals surface area contributed by atoms with Gasteiger partial charge in [-0.15, -0.1) is 6.42 Å². The molecule has 0 atom stereocenters. The zero-order valence-corrected chi connectivity index (χ0v) is 14.4. The van der Waals surface area contributed by atoms with E-state index in [2.05, 4.69) is 0 Å². The first-order valence-electron chi connectivity index (χ1n) is 7.33. The molecule has 0 aromatic heterocycles. The second kappa shape index (κ2) is 8.44. The molecule has 134 valence electrons. The summed E-state index contributed by atoms with van der Waals surface area (Å²) < 4.78 is 25.7. The minimum atomic E-state index is -0.815. The van der Waals surface area contributed by atoms with Gasteiger partial charge in [0.2, 0.25) is 0 Å². The molecular formula is C19H16O7. The number of carbonyl (C=O) groups is 2. The average molecular weight is 356 g/mol. The number of terminal acetylenes is 1. The van der Waals surface area contributed by atoms with Crippen molar-refractivity contribution in [2.45, 2.75) is 0 Å². The molecule has 2 aromatic rings. The number of esters is 2. The number of hydrogen-bond donors (Lipinski definition) is 0. The quantitative estimate of drug-likeness (QED) is 0.340. The van der Waals surface area contributed by atoms with Crippen molar-refractivity contribution in [3.05, 3.63) is 42.0 Å². The molecule has 0 bridgehead atoms. The summed E-state index contributed by atoms with van der Waals surface area (Å²) in [5.74, 6) is 1.88. The number of rotatable bonds is 6. The molecule has 0 N–H and O–H groups in total. The van der Waals surface area contributed by atoms with E-state index < -0.39 is 11.9 Å². The van der Waals surface area contributed by atoms with Crippen LogP contribution in [0.2, 0.25) is 0 Å². The van der Waals surface area contributed by atoms with E-state index in [1.54, 1.807) is 0 Å². The van der Waals surface area contributed by atoms with E-state index in [1.807, 2.05) is 5.92 Å². The van der Waals surface area contributed by atoms with Crippen molar-refractivity contribution in [3.8, 4) is 41.1 Å². The summed E-state index contributed by atoms with van der Waals surface area (Å²) in [6, 6.07) is 8.81. The van der Waals surface area contributed by atoms with Gasteiger partial charge >= 0.3 is 11.9 Å². The average Bonchev–Trinajstić information content (AvgIpc) is 2.67. The Morgan fingerprint density at radius 1 is 0.808 bits per heavy atom. The van der Waals surface area contributed by atoms with Crippen LogP contribution in [0.4, 0.5) is 0 Å². The maximum Gasteiger partial charge on any atom is 0.389 e. The first-order valence-corrected chi connectivity index (χ1v) is 7.33. The van der Waals surface area contributed by atoms with E-state index in [0.29, 0.717) is 11.5 Å². The van der Waals surface area contributed by atoms with Crippen LogP contribution in [-0.4, -0.2) is 33.3 Å². The lowest BCUT2D eigenvalue weighted by molar-refractivity contribution is -0.128. The van der Waals surface area contributed by atoms with Crippen LogP contribution in [0.1, 0.15) is 10.4 Å². The third kappa shape index (κ3) is 4.24. The Hall–Kier alpha value is -3.66. The molecule has 0 unspecified atom stereocenters. The maximum absolute atomic E-state index is 12.5. The Morgan fingerprint density at radius 3 is 1.81 bits per heavy atom. The van der Waals surface area contributed by atoms with Crippen molar-refractivity contribution in [1.29, 1.82) is 0 Å². The van der Waals surface area contributed by atoms with Gasteiger partial charge in [-0.1, -0.05) is 0 Å². The second-order valence-corrected chi connectivity index (χ2v) is 4.80. The molecule has 0 fully saturated rings. The molecule has 0 amide bonds. The number of methoxy groups -OCH3 is 3. The molecule has 0 aliphatic rings. The highest BCUT2D eigenvalue weighted by atomic mass is 16.5. The summed E-state index contributed by atoms with van der Waals surface area (Å²) in [7, 11) is 4.35. The number of carbonyl (C=O) groups excluding carboxylic acids is 2. The van der Waals surface area contributed by atoms with E-state index in [1.165, 1.54) is 57.7 Å². The fourth-order valence-corrected chi connectivity index (χ4v) is 2.06. The van der Waals surface area contributed by atoms with E-state index in [9.17, 15) is 9.59 Å². The highest BCUT2D eigenvalue weighted by Crippen LogP contribution is 2.35. The summed E-state index contributed by atoms with van der Waals surface area (Å²) in [4.78, 5) is 23.5. The normalized spacial score (nSPS) is 9.62. The van der Waals surface area contributed by atoms with Crippen LogP contribution in [0, 0.1) is 12.3 Å². The van der Waals surface area contributed by atoms with E-state index in [-0.39, 0.29) is 22.8 Å². The van der Waals surface area contributed by atoms with Gasteiger partial charge in [0.1, 0.15) is 22.8 Å². The zero-order chi connectivity index (χ0) is 19.1. The fraction of sp³-hybridized carbons (Fsp3) is 0.158. The molecule has 0 aliphatic carbocycles. The predicted molar refractivity (Wildman–Crippen MR) is 92.0 cm³/mol. The standard InChI is InChI=1S/C19H16O7/c1-5-18(20)25-12-6-8-13(9-7-12)26-19(21)14-10-16(23-3)17(24-4)11-15(14)22-2/h1,6-11H,2-4H3. The van der Waals surface area contributed by atoms with Crippen LogP contribution in [0.5, 0.6) is 28.7 Å². The van der Waals surface area contributed by atoms with Crippen LogP contribution in [-0.2, 0) is 4.79 Å². The molecule has 0 spiro atoms. The van der Waals surface area contributed by atoms with Gasteiger partial charge in [0.25, 0.3) is 0 Å². The Kier molecular flexibility index (Phi) is 6.06. The Balaban J connectivity index is 2.22. The first kappa shape index (κ1) is 18.7. The molecule has 0 radical (unpaired) electrons. The van der Waals surface area contributed by atoms with Crippen LogP contribution < -0.4 is 23.7 Å². The molecule has 0 aliphatic heterocycles. The molecule has 7 nitrogen and oxygen atoms in total. The van der Waals surface area contributed by atoms with E-state index >= 15 is 0 Å². The van der Waals surface area contributed by atoms with Gasteiger partial charge in [-0.25, -0.2) is 9.59 Å². The number of hydrogen-bond acceptors (Lipinski definition) is 7. The Labute approximate surface area is 150 Å². The zero-order valence-electron chi connectivity index (χ0n) is 14.4. The largest absolute Gasteiger partial charge is 0.496 e. The minimum Gasteiger partial charge on any atom is -0.496 e. The topological polar surface area (TPSA) is 80.3 Å². The Bertz CT molecular complexity index is 847. The predicted octanol–water partition coefficient (Wildman–Crippen LogP) is 2.47. The fourth-order valence-electron chi connectivity index (χ4n) is 2.06. The van der Waals surface area contributed by atoms with Crippen LogP contribution in [0.3, 0.4) is 0 Å². The van der Waals surface area contributed by atoms with Crippen molar-refractivity contribution >= 4 is 11.9 Å². The lowest BCUT2D eigenvalue weighted by Crippen LogP contribution is -2.11. The number of benzene rings is 2. The third-order valence-electron chi connectivity index (χ3n) is 3.29. The number of ether oxygens (including phenoxy) is 5. The van der Waals surface area contributed by atoms with Gasteiger partial charge in [0.05, 0.1) is 21.3 Å². The molecule has 2 aromatic carbocycles. The molecule has 0 heterocycles. The lowest BCUT2D eigenvalue weighted by atomic mass is 10.1. The molecule has 26 heavy (non-hydrogen) atoms. The van der Waals surface area contributed by atoms with Crippen molar-refractivity contribution < 1.29 is 33.3 Å². The maximum atomic E-state index is 12.5. The SMILES string of the molecule is C#CC(=O)Oc1ccc(OC(=O)c2cc(OC)c(OC)cc2OC)cc1. The summed E-state index contributed by atoms with van der Waals surface area (Å²) in [6.07, 6.45) is 4.93. The highest BCUT2D eigenvalue weighted by Gasteiger charge is 2.19. The summed E-state index contributed by atoms with van der Waals surface area (Å²) in [6.45, 7) is 0. The molecule has 0 saturated carbocycles. The smallest absolute Gasteiger partial charge is 0.389 e. The summed E-state index contributed by atoms with van der Waals surface area (Å²) >= 11 is 0. The van der Waals surface area contributed by atoms with Crippen LogP contribution in [0.15, 0.2) is 36.4 Å². The molecule has 2 rings (SSSR count). The van der Waals surface area contributed by atoms with Crippen molar-refractivity contribution in [2.75, 3.05) is 21.3 Å². The van der Waals surface area contributed by atoms with Gasteiger partial charge in [-0.3, -0.25) is 0 Å².